The number of sulfonamides is 1. The summed E-state index contributed by atoms with van der Waals surface area (Å²) in [5.74, 6) is 0.0459. The number of benzene rings is 2. The third-order valence-electron chi connectivity index (χ3n) is 8.85. The average molecular weight is 645 g/mol. The Kier molecular flexibility index (Phi) is 10.2. The monoisotopic (exact) mass is 644 g/mol. The maximum atomic E-state index is 13.9. The molecule has 1 aliphatic heterocycles. The lowest BCUT2D eigenvalue weighted by Gasteiger charge is -2.34. The van der Waals surface area contributed by atoms with Gasteiger partial charge in [-0.25, -0.2) is 8.42 Å². The van der Waals surface area contributed by atoms with E-state index in [4.69, 9.17) is 4.74 Å². The number of hydrogen-bond acceptors (Lipinski definition) is 7. The molecule has 4 aromatic rings. The number of aromatic nitrogens is 4. The number of para-hydroxylation sites is 1. The highest BCUT2D eigenvalue weighted by molar-refractivity contribution is 7.89. The first kappa shape index (κ1) is 33.3. The molecule has 0 bridgehead atoms. The molecule has 0 spiro atoms. The van der Waals surface area contributed by atoms with E-state index in [-0.39, 0.29) is 35.9 Å². The number of nitrogens with zero attached hydrogens (tertiary/aromatic N) is 5. The van der Waals surface area contributed by atoms with Crippen LogP contribution in [0.5, 0.6) is 5.75 Å². The number of hydrogen-bond donors (Lipinski definition) is 1. The second kappa shape index (κ2) is 14.1. The van der Waals surface area contributed by atoms with E-state index in [1.165, 1.54) is 4.31 Å². The average Bonchev–Trinajstić information content (AvgIpc) is 3.45. The summed E-state index contributed by atoms with van der Waals surface area (Å²) < 4.78 is 37.4. The molecule has 0 unspecified atom stereocenters. The summed E-state index contributed by atoms with van der Waals surface area (Å²) in [5, 5.41) is 11.7. The molecule has 2 atom stereocenters. The number of rotatable bonds is 12. The van der Waals surface area contributed by atoms with Crippen LogP contribution in [0.25, 0.3) is 0 Å². The number of amides is 1. The Balaban J connectivity index is 1.48. The van der Waals surface area contributed by atoms with E-state index >= 15 is 0 Å². The van der Waals surface area contributed by atoms with Crippen molar-refractivity contribution < 1.29 is 17.9 Å². The molecule has 10 nitrogen and oxygen atoms in total. The number of ether oxygens (including phenoxy) is 1. The number of anilines is 1. The molecular formula is C35H44N6O4S. The Labute approximate surface area is 272 Å². The third-order valence-corrected chi connectivity index (χ3v) is 10.7. The van der Waals surface area contributed by atoms with Crippen molar-refractivity contribution in [2.45, 2.75) is 90.3 Å². The standard InChI is InChI=1S/C35H44N6O4S/c1-6-19-40-23-29(38-39-40)16-17-31(35(4,5)34(42)37-28-11-10-18-36-21-28)26-15-14-25(3)27(20-26)22-41-24-30(7-2)45-32-12-8-9-13-33(32)46(41,43)44/h8-15,18,20-21,23,30-31H,6-7,16-17,19,22,24H2,1-5H3,(H,37,42)/t30-,31-/m1/s1. The van der Waals surface area contributed by atoms with Crippen LogP contribution < -0.4 is 10.1 Å². The molecule has 5 rings (SSSR count). The molecule has 0 saturated heterocycles. The fourth-order valence-electron chi connectivity index (χ4n) is 5.99. The highest BCUT2D eigenvalue weighted by atomic mass is 32.2. The van der Waals surface area contributed by atoms with E-state index in [1.54, 1.807) is 42.7 Å². The molecule has 2 aromatic heterocycles. The van der Waals surface area contributed by atoms with E-state index in [9.17, 15) is 13.2 Å². The first-order chi connectivity index (χ1) is 22.0. The lowest BCUT2D eigenvalue weighted by Crippen LogP contribution is -2.37. The third kappa shape index (κ3) is 7.31. The van der Waals surface area contributed by atoms with Crippen molar-refractivity contribution in [1.82, 2.24) is 24.3 Å². The molecule has 1 amide bonds. The summed E-state index contributed by atoms with van der Waals surface area (Å²) in [6, 6.07) is 16.6. The van der Waals surface area contributed by atoms with E-state index in [1.807, 2.05) is 50.7 Å². The quantitative estimate of drug-likeness (QED) is 0.197. The van der Waals surface area contributed by atoms with Gasteiger partial charge in [0.1, 0.15) is 16.7 Å². The van der Waals surface area contributed by atoms with Crippen molar-refractivity contribution in [3.63, 3.8) is 0 Å². The number of fused-ring (bicyclic) bond motifs is 1. The number of nitrogens with one attached hydrogen (secondary N) is 1. The lowest BCUT2D eigenvalue weighted by atomic mass is 9.71. The minimum atomic E-state index is -3.81. The molecule has 46 heavy (non-hydrogen) atoms. The SMILES string of the molecule is CCCn1cc(CC[C@H](c2ccc(C)c(CN3C[C@@H](CC)Oc4ccccc4S3(=O)=O)c2)C(C)(C)C(=O)Nc2cccnc2)nn1. The highest BCUT2D eigenvalue weighted by Crippen LogP contribution is 2.41. The summed E-state index contributed by atoms with van der Waals surface area (Å²) in [6.45, 7) is 11.2. The van der Waals surface area contributed by atoms with Gasteiger partial charge in [0, 0.05) is 25.5 Å². The summed E-state index contributed by atoms with van der Waals surface area (Å²) >= 11 is 0. The van der Waals surface area contributed by atoms with E-state index in [2.05, 4.69) is 39.7 Å². The van der Waals surface area contributed by atoms with Crippen molar-refractivity contribution in [3.8, 4) is 5.75 Å². The van der Waals surface area contributed by atoms with Gasteiger partial charge in [0.15, 0.2) is 0 Å². The molecule has 1 N–H and O–H groups in total. The topological polar surface area (TPSA) is 119 Å². The van der Waals surface area contributed by atoms with E-state index < -0.39 is 15.4 Å². The Morgan fingerprint density at radius 1 is 1.13 bits per heavy atom. The van der Waals surface area contributed by atoms with Gasteiger partial charge in [-0.15, -0.1) is 5.10 Å². The molecular weight excluding hydrogens is 600 g/mol. The van der Waals surface area contributed by atoms with Gasteiger partial charge < -0.3 is 10.1 Å². The van der Waals surface area contributed by atoms with Crippen molar-refractivity contribution >= 4 is 21.6 Å². The number of carbonyl (C=O) groups is 1. The van der Waals surface area contributed by atoms with Crippen LogP contribution in [0.2, 0.25) is 0 Å². The smallest absolute Gasteiger partial charge is 0.247 e. The lowest BCUT2D eigenvalue weighted by molar-refractivity contribution is -0.125. The van der Waals surface area contributed by atoms with Gasteiger partial charge in [0.2, 0.25) is 15.9 Å². The van der Waals surface area contributed by atoms with Crippen LogP contribution in [0.3, 0.4) is 0 Å². The van der Waals surface area contributed by atoms with Gasteiger partial charge in [-0.1, -0.05) is 63.2 Å². The Morgan fingerprint density at radius 3 is 2.67 bits per heavy atom. The van der Waals surface area contributed by atoms with Crippen molar-refractivity contribution in [1.29, 1.82) is 0 Å². The fraction of sp³-hybridized carbons (Fsp3) is 0.429. The Hall–Kier alpha value is -4.09. The first-order valence-electron chi connectivity index (χ1n) is 16.0. The number of pyridine rings is 1. The van der Waals surface area contributed by atoms with Crippen molar-refractivity contribution in [2.75, 3.05) is 11.9 Å². The molecule has 244 valence electrons. The zero-order chi connectivity index (χ0) is 32.9. The largest absolute Gasteiger partial charge is 0.488 e. The normalized spacial score (nSPS) is 17.0. The molecule has 3 heterocycles. The molecule has 11 heteroatoms. The van der Waals surface area contributed by atoms with Crippen LogP contribution in [-0.2, 0) is 34.3 Å². The number of carbonyl (C=O) groups excluding carboxylic acids is 1. The van der Waals surface area contributed by atoms with Crippen LogP contribution in [-0.4, -0.2) is 51.3 Å². The highest BCUT2D eigenvalue weighted by Gasteiger charge is 2.39. The zero-order valence-corrected chi connectivity index (χ0v) is 28.1. The van der Waals surface area contributed by atoms with Crippen LogP contribution >= 0.6 is 0 Å². The van der Waals surface area contributed by atoms with Crippen LogP contribution in [0.1, 0.15) is 75.3 Å². The molecule has 0 fully saturated rings. The molecule has 0 aliphatic carbocycles. The predicted molar refractivity (Wildman–Crippen MR) is 178 cm³/mol. The van der Waals surface area contributed by atoms with E-state index in [0.717, 1.165) is 35.3 Å². The summed E-state index contributed by atoms with van der Waals surface area (Å²) in [5.41, 5.74) is 3.49. The first-order valence-corrected chi connectivity index (χ1v) is 17.4. The van der Waals surface area contributed by atoms with Gasteiger partial charge in [-0.05, 0) is 79.5 Å². The Bertz CT molecular complexity index is 1760. The van der Waals surface area contributed by atoms with Gasteiger partial charge >= 0.3 is 0 Å². The Morgan fingerprint density at radius 2 is 1.93 bits per heavy atom. The van der Waals surface area contributed by atoms with Gasteiger partial charge in [0.25, 0.3) is 0 Å². The zero-order valence-electron chi connectivity index (χ0n) is 27.3. The molecule has 2 aromatic carbocycles. The number of aryl methyl sites for hydroxylation is 3. The molecule has 0 radical (unpaired) electrons. The summed E-state index contributed by atoms with van der Waals surface area (Å²) in [7, 11) is -3.81. The minimum Gasteiger partial charge on any atom is -0.488 e. The second-order valence-corrected chi connectivity index (χ2v) is 14.5. The molecule has 1 aliphatic rings. The van der Waals surface area contributed by atoms with Crippen molar-refractivity contribution in [2.24, 2.45) is 5.41 Å². The second-order valence-electron chi connectivity index (χ2n) is 12.6. The van der Waals surface area contributed by atoms with Crippen molar-refractivity contribution in [3.05, 3.63) is 95.6 Å². The van der Waals surface area contributed by atoms with E-state index in [0.29, 0.717) is 30.7 Å². The van der Waals surface area contributed by atoms with Crippen LogP contribution in [0.4, 0.5) is 5.69 Å². The maximum absolute atomic E-state index is 13.9. The fourth-order valence-corrected chi connectivity index (χ4v) is 7.56. The maximum Gasteiger partial charge on any atom is 0.247 e. The van der Waals surface area contributed by atoms with Gasteiger partial charge in [-0.3, -0.25) is 14.5 Å². The van der Waals surface area contributed by atoms with Crippen LogP contribution in [0, 0.1) is 12.3 Å². The van der Waals surface area contributed by atoms with Crippen LogP contribution in [0.15, 0.2) is 78.1 Å². The predicted octanol–water partition coefficient (Wildman–Crippen LogP) is 6.13. The molecule has 0 saturated carbocycles. The summed E-state index contributed by atoms with van der Waals surface area (Å²) in [4.78, 5) is 18.2. The van der Waals surface area contributed by atoms with Gasteiger partial charge in [0.05, 0.1) is 29.5 Å². The minimum absolute atomic E-state index is 0.128. The summed E-state index contributed by atoms with van der Waals surface area (Å²) in [6.07, 6.45) is 7.90. The van der Waals surface area contributed by atoms with Gasteiger partial charge in [-0.2, -0.15) is 4.31 Å².